The summed E-state index contributed by atoms with van der Waals surface area (Å²) in [6, 6.07) is 0. The molecule has 0 amide bonds. The monoisotopic (exact) mass is 223 g/mol. The maximum Gasteiger partial charge on any atom is -0.00461 e. The van der Waals surface area contributed by atoms with E-state index in [0.29, 0.717) is 0 Å². The van der Waals surface area contributed by atoms with E-state index >= 15 is 0 Å². The van der Waals surface area contributed by atoms with Gasteiger partial charge in [-0.1, -0.05) is 51.9 Å². The molecule has 0 aromatic carbocycles. The van der Waals surface area contributed by atoms with Crippen LogP contribution in [0.5, 0.6) is 0 Å². The molecule has 2 rings (SSSR count). The molecule has 2 saturated carbocycles. The van der Waals surface area contributed by atoms with E-state index in [-0.39, 0.29) is 0 Å². The first-order chi connectivity index (χ1) is 7.81. The molecule has 0 spiro atoms. The molecule has 0 saturated heterocycles. The fraction of sp³-hybridized carbons (Fsp3) is 1.00. The van der Waals surface area contributed by atoms with Crippen molar-refractivity contribution in [2.75, 3.05) is 6.54 Å². The molecule has 2 aliphatic rings. The second-order valence-corrected chi connectivity index (χ2v) is 6.33. The summed E-state index contributed by atoms with van der Waals surface area (Å²) in [6.07, 6.45) is 13.2. The highest BCUT2D eigenvalue weighted by Crippen LogP contribution is 2.42. The summed E-state index contributed by atoms with van der Waals surface area (Å²) < 4.78 is 0. The first-order valence-corrected chi connectivity index (χ1v) is 7.51. The minimum atomic E-state index is 0.847. The molecule has 0 aromatic heterocycles. The van der Waals surface area contributed by atoms with E-state index in [0.717, 1.165) is 30.2 Å². The lowest BCUT2D eigenvalue weighted by Gasteiger charge is -2.39. The van der Waals surface area contributed by atoms with Gasteiger partial charge >= 0.3 is 0 Å². The van der Waals surface area contributed by atoms with Crippen LogP contribution < -0.4 is 5.73 Å². The minimum absolute atomic E-state index is 0.847. The van der Waals surface area contributed by atoms with Crippen LogP contribution in [0, 0.1) is 23.7 Å². The van der Waals surface area contributed by atoms with Crippen molar-refractivity contribution in [1.29, 1.82) is 0 Å². The smallest absolute Gasteiger partial charge is 0.00461 e. The summed E-state index contributed by atoms with van der Waals surface area (Å²) in [5.41, 5.74) is 5.98. The van der Waals surface area contributed by atoms with E-state index in [2.05, 4.69) is 6.92 Å². The first kappa shape index (κ1) is 12.4. The van der Waals surface area contributed by atoms with E-state index in [9.17, 15) is 0 Å². The van der Waals surface area contributed by atoms with Gasteiger partial charge in [0, 0.05) is 0 Å². The third kappa shape index (κ3) is 3.00. The Kier molecular flexibility index (Phi) is 4.69. The van der Waals surface area contributed by atoms with Crippen molar-refractivity contribution in [3.63, 3.8) is 0 Å². The molecule has 0 aromatic rings. The predicted molar refractivity (Wildman–Crippen MR) is 70.2 cm³/mol. The molecule has 2 N–H and O–H groups in total. The highest BCUT2D eigenvalue weighted by atomic mass is 14.6. The van der Waals surface area contributed by atoms with Gasteiger partial charge in [0.1, 0.15) is 0 Å². The van der Waals surface area contributed by atoms with Gasteiger partial charge in [0.15, 0.2) is 0 Å². The maximum atomic E-state index is 5.98. The Morgan fingerprint density at radius 2 is 1.62 bits per heavy atom. The van der Waals surface area contributed by atoms with Gasteiger partial charge in [0.25, 0.3) is 0 Å². The molecule has 0 heterocycles. The molecule has 1 nitrogen and oxygen atoms in total. The highest BCUT2D eigenvalue weighted by Gasteiger charge is 2.33. The summed E-state index contributed by atoms with van der Waals surface area (Å²) in [4.78, 5) is 0. The maximum absolute atomic E-state index is 5.98. The molecule has 3 atom stereocenters. The largest absolute Gasteiger partial charge is 0.330 e. The molecule has 0 radical (unpaired) electrons. The van der Waals surface area contributed by atoms with Crippen molar-refractivity contribution in [1.82, 2.24) is 0 Å². The molecule has 0 aliphatic heterocycles. The van der Waals surface area contributed by atoms with E-state index in [4.69, 9.17) is 5.73 Å². The number of nitrogens with two attached hydrogens (primary N) is 1. The second-order valence-electron chi connectivity index (χ2n) is 6.33. The van der Waals surface area contributed by atoms with Crippen molar-refractivity contribution >= 4 is 0 Å². The van der Waals surface area contributed by atoms with Gasteiger partial charge in [-0.25, -0.2) is 0 Å². The van der Waals surface area contributed by atoms with E-state index in [1.54, 1.807) is 0 Å². The van der Waals surface area contributed by atoms with Gasteiger partial charge in [0.05, 0.1) is 0 Å². The lowest BCUT2D eigenvalue weighted by Crippen LogP contribution is -2.34. The van der Waals surface area contributed by atoms with Crippen molar-refractivity contribution in [3.8, 4) is 0 Å². The fourth-order valence-corrected chi connectivity index (χ4v) is 4.10. The van der Waals surface area contributed by atoms with Gasteiger partial charge < -0.3 is 5.73 Å². The molecule has 1 heteroatoms. The van der Waals surface area contributed by atoms with E-state index < -0.39 is 0 Å². The molecule has 0 bridgehead atoms. The second kappa shape index (κ2) is 6.05. The molecule has 2 fully saturated rings. The molecular formula is C15H29N. The van der Waals surface area contributed by atoms with E-state index in [1.807, 2.05) is 0 Å². The van der Waals surface area contributed by atoms with Crippen molar-refractivity contribution in [2.24, 2.45) is 29.4 Å². The normalized spacial score (nSPS) is 38.2. The third-order valence-corrected chi connectivity index (χ3v) is 5.12. The summed E-state index contributed by atoms with van der Waals surface area (Å²) >= 11 is 0. The Morgan fingerprint density at radius 3 is 2.25 bits per heavy atom. The predicted octanol–water partition coefficient (Wildman–Crippen LogP) is 3.97. The average Bonchev–Trinajstić information content (AvgIpc) is 2.57. The van der Waals surface area contributed by atoms with Gasteiger partial charge in [-0.15, -0.1) is 0 Å². The standard InChI is InChI=1S/C15H29N/c1-12-8-9-14(11-16)15(10-12)13-6-4-2-3-5-7-13/h12-15H,2-11,16H2,1H3. The van der Waals surface area contributed by atoms with E-state index in [1.165, 1.54) is 57.8 Å². The Bertz CT molecular complexity index is 194. The average molecular weight is 223 g/mol. The number of hydrogen-bond acceptors (Lipinski definition) is 1. The SMILES string of the molecule is CC1CCC(CN)C(C2CCCCCC2)C1. The first-order valence-electron chi connectivity index (χ1n) is 7.51. The van der Waals surface area contributed by atoms with Crippen molar-refractivity contribution in [3.05, 3.63) is 0 Å². The molecule has 2 aliphatic carbocycles. The Morgan fingerprint density at radius 1 is 0.938 bits per heavy atom. The van der Waals surface area contributed by atoms with Crippen LogP contribution in [0.15, 0.2) is 0 Å². The van der Waals surface area contributed by atoms with Crippen LogP contribution in [-0.2, 0) is 0 Å². The Labute approximate surface area is 101 Å². The van der Waals surface area contributed by atoms with Gasteiger partial charge in [-0.3, -0.25) is 0 Å². The van der Waals surface area contributed by atoms with Crippen LogP contribution in [0.25, 0.3) is 0 Å². The lowest BCUT2D eigenvalue weighted by molar-refractivity contribution is 0.120. The zero-order valence-corrected chi connectivity index (χ0v) is 11.0. The third-order valence-electron chi connectivity index (χ3n) is 5.12. The molecule has 3 unspecified atom stereocenters. The van der Waals surface area contributed by atoms with Crippen LogP contribution in [-0.4, -0.2) is 6.54 Å². The van der Waals surface area contributed by atoms with Gasteiger partial charge in [-0.2, -0.15) is 0 Å². The van der Waals surface area contributed by atoms with Gasteiger partial charge in [0.2, 0.25) is 0 Å². The number of hydrogen-bond donors (Lipinski definition) is 1. The summed E-state index contributed by atoms with van der Waals surface area (Å²) in [6.45, 7) is 3.38. The fourth-order valence-electron chi connectivity index (χ4n) is 4.10. The van der Waals surface area contributed by atoms with Crippen molar-refractivity contribution < 1.29 is 0 Å². The van der Waals surface area contributed by atoms with Gasteiger partial charge in [-0.05, 0) is 43.1 Å². The van der Waals surface area contributed by atoms with Crippen LogP contribution in [0.3, 0.4) is 0 Å². The van der Waals surface area contributed by atoms with Crippen LogP contribution in [0.2, 0.25) is 0 Å². The zero-order valence-electron chi connectivity index (χ0n) is 11.0. The van der Waals surface area contributed by atoms with Crippen LogP contribution in [0.1, 0.15) is 64.7 Å². The molecule has 16 heavy (non-hydrogen) atoms. The Hall–Kier alpha value is -0.0400. The highest BCUT2D eigenvalue weighted by molar-refractivity contribution is 4.84. The molecule has 94 valence electrons. The Balaban J connectivity index is 1.97. The molecular weight excluding hydrogens is 194 g/mol. The number of rotatable bonds is 2. The van der Waals surface area contributed by atoms with Crippen LogP contribution >= 0.6 is 0 Å². The summed E-state index contributed by atoms with van der Waals surface area (Å²) in [5.74, 6) is 3.78. The lowest BCUT2D eigenvalue weighted by atomic mass is 9.67. The summed E-state index contributed by atoms with van der Waals surface area (Å²) in [7, 11) is 0. The van der Waals surface area contributed by atoms with Crippen LogP contribution in [0.4, 0.5) is 0 Å². The van der Waals surface area contributed by atoms with Crippen molar-refractivity contribution in [2.45, 2.75) is 64.7 Å². The zero-order chi connectivity index (χ0) is 11.4. The topological polar surface area (TPSA) is 26.0 Å². The minimum Gasteiger partial charge on any atom is -0.330 e. The summed E-state index contributed by atoms with van der Waals surface area (Å²) in [5, 5.41) is 0. The quantitative estimate of drug-likeness (QED) is 0.704.